The van der Waals surface area contributed by atoms with Crippen molar-refractivity contribution in [1.82, 2.24) is 15.6 Å². The molecule has 2 rings (SSSR count). The van der Waals surface area contributed by atoms with E-state index >= 15 is 0 Å². The highest BCUT2D eigenvalue weighted by molar-refractivity contribution is 14.0. The number of rotatable bonds is 8. The van der Waals surface area contributed by atoms with Gasteiger partial charge in [-0.1, -0.05) is 12.1 Å². The summed E-state index contributed by atoms with van der Waals surface area (Å²) in [4.78, 5) is 11.4. The van der Waals surface area contributed by atoms with E-state index < -0.39 is 9.84 Å². The minimum atomic E-state index is -3.15. The van der Waals surface area contributed by atoms with Gasteiger partial charge in [0, 0.05) is 38.8 Å². The fourth-order valence-corrected chi connectivity index (χ4v) is 3.68. The van der Waals surface area contributed by atoms with Crippen LogP contribution < -0.4 is 15.5 Å². The number of guanidine groups is 1. The number of nitrogens with one attached hydrogen (secondary N) is 2. The molecule has 0 bridgehead atoms. The first-order valence-electron chi connectivity index (χ1n) is 8.72. The second-order valence-corrected chi connectivity index (χ2v) is 9.16. The quantitative estimate of drug-likeness (QED) is 0.306. The number of thiazole rings is 1. The summed E-state index contributed by atoms with van der Waals surface area (Å²) in [5.74, 6) is 0.740. The summed E-state index contributed by atoms with van der Waals surface area (Å²) in [7, 11) is 0.793. The number of aliphatic imine (C=N–C) groups is 1. The third-order valence-electron chi connectivity index (χ3n) is 3.72. The van der Waals surface area contributed by atoms with Gasteiger partial charge in [-0.15, -0.1) is 35.3 Å². The van der Waals surface area contributed by atoms with Crippen LogP contribution in [0.1, 0.15) is 18.2 Å². The predicted molar refractivity (Wildman–Crippen MR) is 128 cm³/mol. The number of benzene rings is 1. The summed E-state index contributed by atoms with van der Waals surface area (Å²) in [6, 6.07) is 6.99. The summed E-state index contributed by atoms with van der Waals surface area (Å²) in [5.41, 5.74) is 2.01. The molecule has 0 radical (unpaired) electrons. The van der Waals surface area contributed by atoms with Crippen LogP contribution in [0.4, 0.5) is 5.13 Å². The Kier molecular flexibility index (Phi) is 10.2. The maximum Gasteiger partial charge on any atom is 0.191 e. The Morgan fingerprint density at radius 1 is 1.21 bits per heavy atom. The van der Waals surface area contributed by atoms with Gasteiger partial charge in [0.05, 0.1) is 17.1 Å². The van der Waals surface area contributed by atoms with E-state index in [2.05, 4.69) is 20.6 Å². The van der Waals surface area contributed by atoms with Crippen LogP contribution in [-0.2, 0) is 22.8 Å². The van der Waals surface area contributed by atoms with Crippen molar-refractivity contribution >= 4 is 56.2 Å². The van der Waals surface area contributed by atoms with Gasteiger partial charge in [0.25, 0.3) is 0 Å². The van der Waals surface area contributed by atoms with E-state index in [1.807, 2.05) is 43.4 Å². The van der Waals surface area contributed by atoms with E-state index in [4.69, 9.17) is 0 Å². The lowest BCUT2D eigenvalue weighted by molar-refractivity contribution is 0.602. The normalized spacial score (nSPS) is 11.6. The molecule has 0 spiro atoms. The number of hydrogen-bond acceptors (Lipinski definition) is 6. The van der Waals surface area contributed by atoms with E-state index in [0.29, 0.717) is 18.0 Å². The smallest absolute Gasteiger partial charge is 0.191 e. The third-order valence-corrected chi connectivity index (χ3v) is 5.91. The Labute approximate surface area is 188 Å². The Bertz CT molecular complexity index is 864. The van der Waals surface area contributed by atoms with Gasteiger partial charge in [-0.05, 0) is 31.0 Å². The highest BCUT2D eigenvalue weighted by Gasteiger charge is 2.07. The molecule has 0 aliphatic heterocycles. The molecule has 1 aromatic carbocycles. The molecule has 1 heterocycles. The summed E-state index contributed by atoms with van der Waals surface area (Å²) in [6.07, 6.45) is 1.99. The van der Waals surface area contributed by atoms with Crippen LogP contribution in [0.5, 0.6) is 0 Å². The number of halogens is 1. The minimum Gasteiger partial charge on any atom is -0.357 e. The van der Waals surface area contributed by atoms with Gasteiger partial charge in [-0.3, -0.25) is 0 Å². The maximum atomic E-state index is 11.5. The minimum absolute atomic E-state index is 0. The van der Waals surface area contributed by atoms with Gasteiger partial charge in [-0.2, -0.15) is 0 Å². The van der Waals surface area contributed by atoms with E-state index in [1.165, 1.54) is 6.26 Å². The molecule has 156 valence electrons. The molecule has 0 amide bonds. The van der Waals surface area contributed by atoms with E-state index in [9.17, 15) is 8.42 Å². The second-order valence-electron chi connectivity index (χ2n) is 6.30. The lowest BCUT2D eigenvalue weighted by atomic mass is 10.1. The molecule has 2 N–H and O–H groups in total. The molecule has 0 saturated heterocycles. The van der Waals surface area contributed by atoms with E-state index in [0.717, 1.165) is 35.3 Å². The van der Waals surface area contributed by atoms with Crippen LogP contribution in [0.3, 0.4) is 0 Å². The topological polar surface area (TPSA) is 86.7 Å². The number of nitrogens with zero attached hydrogens (tertiary/aromatic N) is 3. The lowest BCUT2D eigenvalue weighted by Crippen LogP contribution is -2.38. The molecule has 0 aliphatic carbocycles. The fourth-order valence-electron chi connectivity index (χ4n) is 2.30. The van der Waals surface area contributed by atoms with Crippen molar-refractivity contribution in [2.45, 2.75) is 24.8 Å². The maximum absolute atomic E-state index is 11.5. The van der Waals surface area contributed by atoms with Gasteiger partial charge in [0.2, 0.25) is 0 Å². The summed E-state index contributed by atoms with van der Waals surface area (Å²) in [5, 5.41) is 9.51. The third kappa shape index (κ3) is 7.92. The van der Waals surface area contributed by atoms with Crippen molar-refractivity contribution in [3.63, 3.8) is 0 Å². The second kappa shape index (κ2) is 11.6. The molecular weight excluding hydrogens is 509 g/mol. The first kappa shape index (κ1) is 24.6. The number of sulfone groups is 1. The van der Waals surface area contributed by atoms with Crippen molar-refractivity contribution in [3.05, 3.63) is 40.9 Å². The first-order valence-corrected chi connectivity index (χ1v) is 11.5. The molecule has 0 fully saturated rings. The highest BCUT2D eigenvalue weighted by atomic mass is 127. The van der Waals surface area contributed by atoms with Gasteiger partial charge < -0.3 is 15.5 Å². The summed E-state index contributed by atoms with van der Waals surface area (Å²) >= 11 is 1.60. The fraction of sp³-hybridized carbons (Fsp3) is 0.444. The zero-order valence-corrected chi connectivity index (χ0v) is 20.6. The van der Waals surface area contributed by atoms with Gasteiger partial charge >= 0.3 is 0 Å². The average molecular weight is 537 g/mol. The van der Waals surface area contributed by atoms with Crippen molar-refractivity contribution in [2.75, 3.05) is 38.3 Å². The molecule has 10 heteroatoms. The van der Waals surface area contributed by atoms with Crippen LogP contribution in [-0.4, -0.2) is 52.8 Å². The van der Waals surface area contributed by atoms with Gasteiger partial charge in [0.15, 0.2) is 20.9 Å². The SMILES string of the molecule is CCNC(=NCc1csc(N(C)C)n1)NCCc1ccc(S(C)(=O)=O)cc1.I. The van der Waals surface area contributed by atoms with Crippen LogP contribution in [0.25, 0.3) is 0 Å². The van der Waals surface area contributed by atoms with Crippen LogP contribution >= 0.6 is 35.3 Å². The standard InChI is InChI=1S/C18H27N5O2S2.HI/c1-5-19-17(21-12-15-13-26-18(22-15)23(2)3)20-11-10-14-6-8-16(9-7-14)27(4,24)25;/h6-9,13H,5,10-12H2,1-4H3,(H2,19,20,21);1H. The molecule has 1 aromatic heterocycles. The highest BCUT2D eigenvalue weighted by Crippen LogP contribution is 2.18. The zero-order valence-electron chi connectivity index (χ0n) is 16.6. The average Bonchev–Trinajstić information content (AvgIpc) is 3.09. The largest absolute Gasteiger partial charge is 0.357 e. The molecular formula is C18H28IN5O2S2. The van der Waals surface area contributed by atoms with Crippen molar-refractivity contribution in [1.29, 1.82) is 0 Å². The molecule has 2 aromatic rings. The monoisotopic (exact) mass is 537 g/mol. The summed E-state index contributed by atoms with van der Waals surface area (Å²) < 4.78 is 23.0. The van der Waals surface area contributed by atoms with Gasteiger partial charge in [0.1, 0.15) is 0 Å². The molecule has 0 atom stereocenters. The Morgan fingerprint density at radius 2 is 1.89 bits per heavy atom. The van der Waals surface area contributed by atoms with Crippen molar-refractivity contribution in [2.24, 2.45) is 4.99 Å². The lowest BCUT2D eigenvalue weighted by Gasteiger charge is -2.11. The number of hydrogen-bond donors (Lipinski definition) is 2. The Balaban J connectivity index is 0.00000392. The molecule has 7 nitrogen and oxygen atoms in total. The van der Waals surface area contributed by atoms with Crippen molar-refractivity contribution in [3.8, 4) is 0 Å². The van der Waals surface area contributed by atoms with E-state index in [1.54, 1.807) is 23.5 Å². The Morgan fingerprint density at radius 3 is 2.43 bits per heavy atom. The number of anilines is 1. The molecule has 28 heavy (non-hydrogen) atoms. The number of aromatic nitrogens is 1. The van der Waals surface area contributed by atoms with Crippen molar-refractivity contribution < 1.29 is 8.42 Å². The van der Waals surface area contributed by atoms with Gasteiger partial charge in [-0.25, -0.2) is 18.4 Å². The Hall–Kier alpha value is -1.40. The van der Waals surface area contributed by atoms with Crippen LogP contribution in [0, 0.1) is 0 Å². The van der Waals surface area contributed by atoms with Crippen LogP contribution in [0.15, 0.2) is 39.5 Å². The summed E-state index contributed by atoms with van der Waals surface area (Å²) in [6.45, 7) is 4.01. The molecule has 0 aliphatic rings. The zero-order chi connectivity index (χ0) is 19.9. The molecule has 0 unspecified atom stereocenters. The van der Waals surface area contributed by atoms with Crippen LogP contribution in [0.2, 0.25) is 0 Å². The van der Waals surface area contributed by atoms with E-state index in [-0.39, 0.29) is 24.0 Å². The predicted octanol–water partition coefficient (Wildman–Crippen LogP) is 2.53. The first-order chi connectivity index (χ1) is 12.8. The molecule has 0 saturated carbocycles.